The lowest BCUT2D eigenvalue weighted by atomic mass is 9.93. The van der Waals surface area contributed by atoms with E-state index in [0.29, 0.717) is 3.92 Å². The number of aryl methyl sites for hydroxylation is 1. The Labute approximate surface area is 111 Å². The van der Waals surface area contributed by atoms with Crippen LogP contribution in [0.4, 0.5) is 0 Å². The molecule has 0 spiro atoms. The molecule has 0 aromatic heterocycles. The van der Waals surface area contributed by atoms with E-state index in [2.05, 4.69) is 59.0 Å². The molecule has 3 rings (SSSR count). The summed E-state index contributed by atoms with van der Waals surface area (Å²) in [7, 11) is 0. The number of fused-ring (bicyclic) bond motifs is 1. The normalized spacial score (nSPS) is 23.7. The Morgan fingerprint density at radius 1 is 1.06 bits per heavy atom. The first-order valence-corrected chi connectivity index (χ1v) is 7.21. The molecule has 0 heterocycles. The van der Waals surface area contributed by atoms with Crippen molar-refractivity contribution >= 4 is 22.6 Å². The first-order chi connectivity index (χ1) is 7.86. The maximum atomic E-state index is 2.60. The number of hydrogen-bond donors (Lipinski definition) is 0. The lowest BCUT2D eigenvalue weighted by Gasteiger charge is -2.18. The van der Waals surface area contributed by atoms with Gasteiger partial charge in [0.05, 0.1) is 3.92 Å². The summed E-state index contributed by atoms with van der Waals surface area (Å²) >= 11 is 2.60. The van der Waals surface area contributed by atoms with Gasteiger partial charge in [-0.1, -0.05) is 64.6 Å². The monoisotopic (exact) mass is 322 g/mol. The van der Waals surface area contributed by atoms with Gasteiger partial charge in [0.25, 0.3) is 0 Å². The highest BCUT2D eigenvalue weighted by molar-refractivity contribution is 14.1. The minimum Gasteiger partial charge on any atom is -0.0839 e. The Kier molecular flexibility index (Phi) is 2.88. The number of halogens is 1. The molecule has 1 atom stereocenters. The lowest BCUT2D eigenvalue weighted by Crippen LogP contribution is -1.99. The van der Waals surface area contributed by atoms with Crippen LogP contribution in [0, 0.1) is 0 Å². The van der Waals surface area contributed by atoms with E-state index in [1.807, 2.05) is 0 Å². The number of alkyl halides is 1. The fourth-order valence-electron chi connectivity index (χ4n) is 2.73. The fraction of sp³-hybridized carbons (Fsp3) is 0.333. The van der Waals surface area contributed by atoms with Crippen molar-refractivity contribution in [3.05, 3.63) is 58.7 Å². The number of hydrogen-bond acceptors (Lipinski definition) is 0. The van der Waals surface area contributed by atoms with Gasteiger partial charge in [0, 0.05) is 0 Å². The molecule has 0 aliphatic heterocycles. The van der Waals surface area contributed by atoms with Gasteiger partial charge in [-0.05, 0) is 42.4 Å². The van der Waals surface area contributed by atoms with Crippen molar-refractivity contribution in [2.24, 2.45) is 0 Å². The molecule has 0 nitrogen and oxygen atoms in total. The Morgan fingerprint density at radius 2 is 1.94 bits per heavy atom. The van der Waals surface area contributed by atoms with Crippen LogP contribution in [0.2, 0.25) is 0 Å². The molecule has 0 radical (unpaired) electrons. The average molecular weight is 322 g/mol. The minimum atomic E-state index is 0.558. The molecule has 16 heavy (non-hydrogen) atoms. The van der Waals surface area contributed by atoms with Crippen LogP contribution in [-0.2, 0) is 6.42 Å². The summed E-state index contributed by atoms with van der Waals surface area (Å²) in [6.07, 6.45) is 9.69. The van der Waals surface area contributed by atoms with Gasteiger partial charge in [-0.3, -0.25) is 0 Å². The molecule has 0 saturated heterocycles. The van der Waals surface area contributed by atoms with Gasteiger partial charge < -0.3 is 0 Å². The van der Waals surface area contributed by atoms with Gasteiger partial charge in [0.2, 0.25) is 0 Å². The van der Waals surface area contributed by atoms with Gasteiger partial charge in [-0.2, -0.15) is 0 Å². The van der Waals surface area contributed by atoms with Crippen LogP contribution in [0.1, 0.15) is 34.3 Å². The standard InChI is InChI=1S/C15H15I/c16-15-13-7-3-1-5-11(13)9-10-12-6-2-4-8-14(12)15/h1,3-5,7-8,15H,2,6,9-10H2. The summed E-state index contributed by atoms with van der Waals surface area (Å²) in [6.45, 7) is 0. The van der Waals surface area contributed by atoms with Gasteiger partial charge in [-0.15, -0.1) is 0 Å². The topological polar surface area (TPSA) is 0 Å². The Morgan fingerprint density at radius 3 is 2.88 bits per heavy atom. The van der Waals surface area contributed by atoms with Crippen molar-refractivity contribution in [1.29, 1.82) is 0 Å². The van der Waals surface area contributed by atoms with Crippen molar-refractivity contribution in [3.8, 4) is 0 Å². The quantitative estimate of drug-likeness (QED) is 0.477. The molecule has 1 aromatic rings. The Bertz CT molecular complexity index is 468. The molecule has 0 fully saturated rings. The molecule has 1 aromatic carbocycles. The Balaban J connectivity index is 2.09. The predicted octanol–water partition coefficient (Wildman–Crippen LogP) is 4.76. The zero-order valence-electron chi connectivity index (χ0n) is 9.25. The van der Waals surface area contributed by atoms with E-state index in [1.54, 1.807) is 16.7 Å². The van der Waals surface area contributed by atoms with Crippen LogP contribution in [0.25, 0.3) is 0 Å². The first kappa shape index (κ1) is 10.6. The Hall–Kier alpha value is -0.570. The molecule has 2 aliphatic carbocycles. The van der Waals surface area contributed by atoms with Crippen molar-refractivity contribution in [2.45, 2.75) is 29.6 Å². The van der Waals surface area contributed by atoms with Gasteiger partial charge in [0.1, 0.15) is 0 Å². The van der Waals surface area contributed by atoms with Gasteiger partial charge in [-0.25, -0.2) is 0 Å². The first-order valence-electron chi connectivity index (χ1n) is 5.96. The van der Waals surface area contributed by atoms with Crippen LogP contribution in [0.3, 0.4) is 0 Å². The molecule has 2 aliphatic rings. The maximum absolute atomic E-state index is 2.60. The summed E-state index contributed by atoms with van der Waals surface area (Å²) in [5.41, 5.74) is 6.35. The van der Waals surface area contributed by atoms with E-state index in [1.165, 1.54) is 31.2 Å². The molecule has 0 N–H and O–H groups in total. The van der Waals surface area contributed by atoms with Crippen LogP contribution < -0.4 is 0 Å². The highest BCUT2D eigenvalue weighted by Gasteiger charge is 2.22. The zero-order valence-corrected chi connectivity index (χ0v) is 11.4. The van der Waals surface area contributed by atoms with Crippen LogP contribution >= 0.6 is 22.6 Å². The molecule has 0 saturated carbocycles. The largest absolute Gasteiger partial charge is 0.0839 e. The van der Waals surface area contributed by atoms with Crippen molar-refractivity contribution in [2.75, 3.05) is 0 Å². The average Bonchev–Trinajstić information content (AvgIpc) is 2.49. The second-order valence-electron chi connectivity index (χ2n) is 4.56. The van der Waals surface area contributed by atoms with E-state index in [9.17, 15) is 0 Å². The zero-order chi connectivity index (χ0) is 11.0. The van der Waals surface area contributed by atoms with Crippen LogP contribution in [0.5, 0.6) is 0 Å². The highest BCUT2D eigenvalue weighted by Crippen LogP contribution is 2.42. The van der Waals surface area contributed by atoms with E-state index in [0.717, 1.165) is 0 Å². The SMILES string of the molecule is IC1C2=C(CCC=C2)CCc2ccccc21. The molecule has 0 bridgehead atoms. The van der Waals surface area contributed by atoms with E-state index in [-0.39, 0.29) is 0 Å². The van der Waals surface area contributed by atoms with Crippen molar-refractivity contribution in [1.82, 2.24) is 0 Å². The van der Waals surface area contributed by atoms with Crippen molar-refractivity contribution in [3.63, 3.8) is 0 Å². The number of allylic oxidation sites excluding steroid dienone is 4. The predicted molar refractivity (Wildman–Crippen MR) is 76.9 cm³/mol. The highest BCUT2D eigenvalue weighted by atomic mass is 127. The van der Waals surface area contributed by atoms with Crippen LogP contribution in [-0.4, -0.2) is 0 Å². The molecule has 1 unspecified atom stereocenters. The summed E-state index contributed by atoms with van der Waals surface area (Å²) in [4.78, 5) is 0. The van der Waals surface area contributed by atoms with Crippen molar-refractivity contribution < 1.29 is 0 Å². The summed E-state index contributed by atoms with van der Waals surface area (Å²) in [6, 6.07) is 8.93. The maximum Gasteiger partial charge on any atom is 0.0610 e. The smallest absolute Gasteiger partial charge is 0.0610 e. The van der Waals surface area contributed by atoms with E-state index in [4.69, 9.17) is 0 Å². The third-order valence-corrected chi connectivity index (χ3v) is 4.96. The molecule has 1 heteroatoms. The van der Waals surface area contributed by atoms with Gasteiger partial charge in [0.15, 0.2) is 0 Å². The lowest BCUT2D eigenvalue weighted by molar-refractivity contribution is 0.833. The third kappa shape index (κ3) is 1.75. The number of benzene rings is 1. The third-order valence-electron chi connectivity index (χ3n) is 3.62. The molecule has 82 valence electrons. The van der Waals surface area contributed by atoms with E-state index >= 15 is 0 Å². The van der Waals surface area contributed by atoms with Gasteiger partial charge >= 0.3 is 0 Å². The summed E-state index contributed by atoms with van der Waals surface area (Å²) < 4.78 is 0.558. The number of rotatable bonds is 0. The molecule has 0 amide bonds. The minimum absolute atomic E-state index is 0.558. The molecular weight excluding hydrogens is 307 g/mol. The fourth-order valence-corrected chi connectivity index (χ4v) is 3.98. The summed E-state index contributed by atoms with van der Waals surface area (Å²) in [5.74, 6) is 0. The second kappa shape index (κ2) is 4.36. The second-order valence-corrected chi connectivity index (χ2v) is 5.81. The summed E-state index contributed by atoms with van der Waals surface area (Å²) in [5, 5.41) is 0. The van der Waals surface area contributed by atoms with E-state index < -0.39 is 0 Å². The molecular formula is C15H15I. The van der Waals surface area contributed by atoms with Crippen LogP contribution in [0.15, 0.2) is 47.6 Å².